The van der Waals surface area contributed by atoms with Gasteiger partial charge in [-0.2, -0.15) is 0 Å². The summed E-state index contributed by atoms with van der Waals surface area (Å²) in [6.07, 6.45) is 5.98. The van der Waals surface area contributed by atoms with Gasteiger partial charge in [-0.25, -0.2) is 0 Å². The SMILES string of the molecule is CCc1c(-c2ccc(OC)c(OC)c2)[nH]c2ccc(C3CCN(C4CCN(Cc5csnn5)CC4)CC3)cc12. The van der Waals surface area contributed by atoms with Crippen LogP contribution in [0.2, 0.25) is 0 Å². The summed E-state index contributed by atoms with van der Waals surface area (Å²) in [6, 6.07) is 14.0. The van der Waals surface area contributed by atoms with Crippen LogP contribution in [0.15, 0.2) is 41.8 Å². The van der Waals surface area contributed by atoms with Gasteiger partial charge in [-0.3, -0.25) is 4.90 Å². The molecule has 2 saturated heterocycles. The number of ether oxygens (including phenoxy) is 2. The minimum absolute atomic E-state index is 0.632. The monoisotopic (exact) mass is 545 g/mol. The number of fused-ring (bicyclic) bond motifs is 1. The van der Waals surface area contributed by atoms with E-state index in [4.69, 9.17) is 9.47 Å². The molecule has 8 heteroatoms. The zero-order chi connectivity index (χ0) is 26.8. The zero-order valence-corrected chi connectivity index (χ0v) is 24.1. The lowest BCUT2D eigenvalue weighted by molar-refractivity contribution is 0.0841. The Bertz CT molecular complexity index is 1390. The first-order chi connectivity index (χ1) is 19.2. The van der Waals surface area contributed by atoms with Crippen LogP contribution >= 0.6 is 11.5 Å². The Morgan fingerprint density at radius 1 is 0.949 bits per heavy atom. The highest BCUT2D eigenvalue weighted by Crippen LogP contribution is 2.38. The molecule has 0 bridgehead atoms. The molecule has 2 aliphatic rings. The Hall–Kier alpha value is -2.94. The van der Waals surface area contributed by atoms with Crippen LogP contribution in [0.5, 0.6) is 11.5 Å². The summed E-state index contributed by atoms with van der Waals surface area (Å²) in [5, 5.41) is 7.64. The molecule has 7 nitrogen and oxygen atoms in total. The third-order valence-corrected chi connectivity index (χ3v) is 9.37. The summed E-state index contributed by atoms with van der Waals surface area (Å²) in [4.78, 5) is 9.00. The molecule has 2 aliphatic heterocycles. The number of nitrogens with zero attached hydrogens (tertiary/aromatic N) is 4. The Kier molecular flexibility index (Phi) is 7.86. The molecule has 0 aliphatic carbocycles. The highest BCUT2D eigenvalue weighted by atomic mass is 32.1. The van der Waals surface area contributed by atoms with Crippen molar-refractivity contribution in [2.75, 3.05) is 40.4 Å². The molecule has 206 valence electrons. The summed E-state index contributed by atoms with van der Waals surface area (Å²) in [5.74, 6) is 2.14. The third kappa shape index (κ3) is 5.42. The average molecular weight is 546 g/mol. The van der Waals surface area contributed by atoms with Gasteiger partial charge in [0.05, 0.1) is 19.9 Å². The minimum atomic E-state index is 0.632. The van der Waals surface area contributed by atoms with Gasteiger partial charge in [0.15, 0.2) is 11.5 Å². The molecule has 1 N–H and O–H groups in total. The molecule has 39 heavy (non-hydrogen) atoms. The van der Waals surface area contributed by atoms with E-state index >= 15 is 0 Å². The molecule has 0 saturated carbocycles. The molecule has 6 rings (SSSR count). The number of benzene rings is 2. The minimum Gasteiger partial charge on any atom is -0.493 e. The highest BCUT2D eigenvalue weighted by Gasteiger charge is 2.29. The fourth-order valence-corrected chi connectivity index (χ4v) is 7.09. The number of aromatic nitrogens is 3. The van der Waals surface area contributed by atoms with Crippen molar-refractivity contribution >= 4 is 22.4 Å². The molecule has 2 aromatic carbocycles. The quantitative estimate of drug-likeness (QED) is 0.288. The van der Waals surface area contributed by atoms with Gasteiger partial charge < -0.3 is 19.4 Å². The van der Waals surface area contributed by atoms with Crippen molar-refractivity contribution in [2.24, 2.45) is 0 Å². The zero-order valence-electron chi connectivity index (χ0n) is 23.3. The van der Waals surface area contributed by atoms with Crippen molar-refractivity contribution in [3.8, 4) is 22.8 Å². The van der Waals surface area contributed by atoms with E-state index in [0.717, 1.165) is 54.9 Å². The molecule has 4 aromatic rings. The van der Waals surface area contributed by atoms with Crippen molar-refractivity contribution in [1.29, 1.82) is 0 Å². The van der Waals surface area contributed by atoms with Crippen molar-refractivity contribution in [1.82, 2.24) is 24.4 Å². The highest BCUT2D eigenvalue weighted by molar-refractivity contribution is 7.03. The van der Waals surface area contributed by atoms with Gasteiger partial charge in [0.1, 0.15) is 0 Å². The number of H-pyrrole nitrogens is 1. The molecule has 0 radical (unpaired) electrons. The number of nitrogens with one attached hydrogen (secondary N) is 1. The fraction of sp³-hybridized carbons (Fsp3) is 0.484. The van der Waals surface area contributed by atoms with Crippen LogP contribution < -0.4 is 9.47 Å². The largest absolute Gasteiger partial charge is 0.493 e. The number of aryl methyl sites for hydroxylation is 1. The van der Waals surface area contributed by atoms with Crippen molar-refractivity contribution in [3.63, 3.8) is 0 Å². The second-order valence-electron chi connectivity index (χ2n) is 10.9. The second-order valence-corrected chi connectivity index (χ2v) is 11.5. The smallest absolute Gasteiger partial charge is 0.161 e. The molecular weight excluding hydrogens is 506 g/mol. The first-order valence-corrected chi connectivity index (χ1v) is 15.1. The van der Waals surface area contributed by atoms with Crippen molar-refractivity contribution < 1.29 is 9.47 Å². The Balaban J connectivity index is 1.12. The van der Waals surface area contributed by atoms with Gasteiger partial charge in [0.25, 0.3) is 0 Å². The van der Waals surface area contributed by atoms with Crippen molar-refractivity contribution in [2.45, 2.75) is 57.5 Å². The topological polar surface area (TPSA) is 66.5 Å². The Morgan fingerprint density at radius 3 is 2.44 bits per heavy atom. The number of piperidine rings is 2. The number of hydrogen-bond acceptors (Lipinski definition) is 7. The molecule has 2 aromatic heterocycles. The lowest BCUT2D eigenvalue weighted by Gasteiger charge is -2.41. The predicted octanol–water partition coefficient (Wildman–Crippen LogP) is 6.11. The standard InChI is InChI=1S/C31H39N5O2S/c1-4-26-27-17-22(5-7-28(27)32-31(26)23-6-8-29(37-2)30(18-23)38-3)21-9-15-36(16-10-21)25-11-13-35(14-12-25)19-24-20-39-34-33-24/h5-8,17-18,20-21,25,32H,4,9-16,19H2,1-3H3. The van der Waals surface area contributed by atoms with E-state index in [1.54, 1.807) is 14.2 Å². The molecule has 0 unspecified atom stereocenters. The lowest BCUT2D eigenvalue weighted by atomic mass is 9.87. The van der Waals surface area contributed by atoms with Gasteiger partial charge >= 0.3 is 0 Å². The van der Waals surface area contributed by atoms with Crippen molar-refractivity contribution in [3.05, 3.63) is 58.6 Å². The molecular formula is C31H39N5O2S. The number of hydrogen-bond donors (Lipinski definition) is 1. The summed E-state index contributed by atoms with van der Waals surface area (Å²) in [6.45, 7) is 7.92. The van der Waals surface area contributed by atoms with E-state index in [1.165, 1.54) is 78.0 Å². The fourth-order valence-electron chi connectivity index (χ4n) is 6.65. The molecule has 2 fully saturated rings. The first-order valence-electron chi connectivity index (χ1n) is 14.3. The second kappa shape index (κ2) is 11.7. The summed E-state index contributed by atoms with van der Waals surface area (Å²) in [7, 11) is 3.37. The maximum absolute atomic E-state index is 5.57. The van der Waals surface area contributed by atoms with E-state index in [0.29, 0.717) is 5.92 Å². The number of likely N-dealkylation sites (tertiary alicyclic amines) is 2. The van der Waals surface area contributed by atoms with E-state index in [-0.39, 0.29) is 0 Å². The molecule has 0 atom stereocenters. The predicted molar refractivity (Wildman–Crippen MR) is 158 cm³/mol. The normalized spacial score (nSPS) is 18.1. The maximum atomic E-state index is 5.57. The average Bonchev–Trinajstić information content (AvgIpc) is 3.64. The van der Waals surface area contributed by atoms with E-state index in [1.807, 2.05) is 6.07 Å². The summed E-state index contributed by atoms with van der Waals surface area (Å²) in [5.41, 5.74) is 7.49. The van der Waals surface area contributed by atoms with Gasteiger partial charge in [-0.05, 0) is 104 Å². The first kappa shape index (κ1) is 26.3. The van der Waals surface area contributed by atoms with Gasteiger partial charge in [0.2, 0.25) is 0 Å². The van der Waals surface area contributed by atoms with Crippen LogP contribution in [0.25, 0.3) is 22.2 Å². The van der Waals surface area contributed by atoms with E-state index in [2.05, 4.69) is 67.0 Å². The third-order valence-electron chi connectivity index (χ3n) is 8.82. The van der Waals surface area contributed by atoms with Gasteiger partial charge in [-0.1, -0.05) is 17.5 Å². The van der Waals surface area contributed by atoms with Gasteiger partial charge in [-0.15, -0.1) is 5.10 Å². The van der Waals surface area contributed by atoms with Crippen LogP contribution in [0.1, 0.15) is 55.3 Å². The number of aromatic amines is 1. The van der Waals surface area contributed by atoms with Crippen LogP contribution in [0.4, 0.5) is 0 Å². The summed E-state index contributed by atoms with van der Waals surface area (Å²) < 4.78 is 15.0. The number of methoxy groups -OCH3 is 2. The molecule has 0 amide bonds. The molecule has 0 spiro atoms. The van der Waals surface area contributed by atoms with Crippen LogP contribution in [-0.2, 0) is 13.0 Å². The van der Waals surface area contributed by atoms with Gasteiger partial charge in [0, 0.05) is 53.2 Å². The maximum Gasteiger partial charge on any atom is 0.161 e. The molecule has 4 heterocycles. The van der Waals surface area contributed by atoms with E-state index in [9.17, 15) is 0 Å². The Labute approximate surface area is 235 Å². The lowest BCUT2D eigenvalue weighted by Crippen LogP contribution is -2.47. The van der Waals surface area contributed by atoms with Crippen LogP contribution in [0, 0.1) is 0 Å². The Morgan fingerprint density at radius 2 is 1.74 bits per heavy atom. The van der Waals surface area contributed by atoms with E-state index < -0.39 is 0 Å². The number of rotatable bonds is 8. The van der Waals surface area contributed by atoms with Crippen LogP contribution in [-0.4, -0.2) is 70.8 Å². The van der Waals surface area contributed by atoms with Crippen LogP contribution in [0.3, 0.4) is 0 Å². The summed E-state index contributed by atoms with van der Waals surface area (Å²) >= 11 is 1.45.